The number of carbonyl (C=O) groups excluding carboxylic acids is 2. The van der Waals surface area contributed by atoms with Crippen molar-refractivity contribution < 1.29 is 14.3 Å². The normalized spacial score (nSPS) is 11.9. The third kappa shape index (κ3) is 3.36. The number of hydrogen-bond acceptors (Lipinski definition) is 3. The SMILES string of the molecule is CC(=O)O[C@H](C(C)=O)c1cccc(Cl)c1. The number of hydrogen-bond donors (Lipinski definition) is 0. The van der Waals surface area contributed by atoms with E-state index in [2.05, 4.69) is 0 Å². The first-order valence-corrected chi connectivity index (χ1v) is 4.81. The average molecular weight is 227 g/mol. The standard InChI is InChI=1S/C11H11ClO3/c1-7(13)11(15-8(2)14)9-4-3-5-10(12)6-9/h3-6,11H,1-2H3/t11-/m1/s1. The van der Waals surface area contributed by atoms with Crippen molar-refractivity contribution in [2.24, 2.45) is 0 Å². The van der Waals surface area contributed by atoms with Gasteiger partial charge in [0.05, 0.1) is 0 Å². The van der Waals surface area contributed by atoms with Crippen LogP contribution in [0.3, 0.4) is 0 Å². The second kappa shape index (κ2) is 4.94. The maximum absolute atomic E-state index is 11.3. The molecule has 0 amide bonds. The van der Waals surface area contributed by atoms with Crippen molar-refractivity contribution in [3.8, 4) is 0 Å². The van der Waals surface area contributed by atoms with Crippen LogP contribution in [0.15, 0.2) is 24.3 Å². The lowest BCUT2D eigenvalue weighted by atomic mass is 10.1. The zero-order valence-electron chi connectivity index (χ0n) is 8.49. The molecule has 0 fully saturated rings. The quantitative estimate of drug-likeness (QED) is 0.744. The van der Waals surface area contributed by atoms with Crippen molar-refractivity contribution in [2.45, 2.75) is 20.0 Å². The molecular formula is C11H11ClO3. The van der Waals surface area contributed by atoms with Crippen molar-refractivity contribution >= 4 is 23.4 Å². The van der Waals surface area contributed by atoms with E-state index in [0.717, 1.165) is 0 Å². The Morgan fingerprint density at radius 1 is 1.33 bits per heavy atom. The van der Waals surface area contributed by atoms with Crippen LogP contribution < -0.4 is 0 Å². The van der Waals surface area contributed by atoms with Crippen LogP contribution in [0.5, 0.6) is 0 Å². The molecule has 0 aromatic heterocycles. The first-order valence-electron chi connectivity index (χ1n) is 4.44. The monoisotopic (exact) mass is 226 g/mol. The molecule has 15 heavy (non-hydrogen) atoms. The van der Waals surface area contributed by atoms with Gasteiger partial charge in [-0.1, -0.05) is 23.7 Å². The summed E-state index contributed by atoms with van der Waals surface area (Å²) in [6, 6.07) is 6.70. The number of rotatable bonds is 3. The van der Waals surface area contributed by atoms with Crippen LogP contribution in [-0.2, 0) is 14.3 Å². The molecule has 1 aromatic carbocycles. The zero-order valence-corrected chi connectivity index (χ0v) is 9.25. The summed E-state index contributed by atoms with van der Waals surface area (Å²) in [5.74, 6) is -0.720. The van der Waals surface area contributed by atoms with Gasteiger partial charge in [0.25, 0.3) is 0 Å². The van der Waals surface area contributed by atoms with E-state index in [1.54, 1.807) is 24.3 Å². The molecule has 80 valence electrons. The van der Waals surface area contributed by atoms with E-state index in [4.69, 9.17) is 16.3 Å². The smallest absolute Gasteiger partial charge is 0.303 e. The van der Waals surface area contributed by atoms with E-state index < -0.39 is 12.1 Å². The minimum Gasteiger partial charge on any atom is -0.450 e. The van der Waals surface area contributed by atoms with E-state index in [0.29, 0.717) is 10.6 Å². The number of carbonyl (C=O) groups is 2. The van der Waals surface area contributed by atoms with E-state index in [1.165, 1.54) is 13.8 Å². The second-order valence-corrected chi connectivity index (χ2v) is 3.59. The molecular weight excluding hydrogens is 216 g/mol. The Balaban J connectivity index is 2.98. The molecule has 0 aliphatic heterocycles. The lowest BCUT2D eigenvalue weighted by Crippen LogP contribution is -2.15. The third-order valence-corrected chi connectivity index (χ3v) is 2.04. The molecule has 0 saturated heterocycles. The van der Waals surface area contributed by atoms with Crippen LogP contribution in [0.1, 0.15) is 25.5 Å². The van der Waals surface area contributed by atoms with Gasteiger partial charge in [0.2, 0.25) is 0 Å². The van der Waals surface area contributed by atoms with Gasteiger partial charge >= 0.3 is 5.97 Å². The van der Waals surface area contributed by atoms with Crippen molar-refractivity contribution in [3.63, 3.8) is 0 Å². The summed E-state index contributed by atoms with van der Waals surface area (Å²) in [5, 5.41) is 0.505. The fourth-order valence-electron chi connectivity index (χ4n) is 1.22. The highest BCUT2D eigenvalue weighted by atomic mass is 35.5. The van der Waals surface area contributed by atoms with Crippen LogP contribution in [0.4, 0.5) is 0 Å². The summed E-state index contributed by atoms with van der Waals surface area (Å²) in [5.41, 5.74) is 0.588. The lowest BCUT2D eigenvalue weighted by Gasteiger charge is -2.14. The molecule has 0 aliphatic carbocycles. The summed E-state index contributed by atoms with van der Waals surface area (Å²) >= 11 is 5.78. The number of ketones is 1. The Kier molecular flexibility index (Phi) is 3.86. The van der Waals surface area contributed by atoms with Gasteiger partial charge in [-0.3, -0.25) is 9.59 Å². The Morgan fingerprint density at radius 3 is 2.47 bits per heavy atom. The fraction of sp³-hybridized carbons (Fsp3) is 0.273. The predicted octanol–water partition coefficient (Wildman–Crippen LogP) is 2.53. The largest absolute Gasteiger partial charge is 0.450 e. The second-order valence-electron chi connectivity index (χ2n) is 3.16. The van der Waals surface area contributed by atoms with E-state index >= 15 is 0 Å². The molecule has 4 heteroatoms. The highest BCUT2D eigenvalue weighted by Crippen LogP contribution is 2.21. The van der Waals surface area contributed by atoms with Crippen LogP contribution in [0.2, 0.25) is 5.02 Å². The Bertz CT molecular complexity index is 387. The van der Waals surface area contributed by atoms with E-state index in [-0.39, 0.29) is 5.78 Å². The summed E-state index contributed by atoms with van der Waals surface area (Å²) in [7, 11) is 0. The van der Waals surface area contributed by atoms with Gasteiger partial charge in [0, 0.05) is 17.5 Å². The van der Waals surface area contributed by atoms with Gasteiger partial charge in [-0.25, -0.2) is 0 Å². The fourth-order valence-corrected chi connectivity index (χ4v) is 1.42. The Morgan fingerprint density at radius 2 is 2.00 bits per heavy atom. The number of ether oxygens (including phenoxy) is 1. The molecule has 0 heterocycles. The Hall–Kier alpha value is -1.35. The number of esters is 1. The summed E-state index contributed by atoms with van der Waals surface area (Å²) in [6.07, 6.45) is -0.860. The minimum absolute atomic E-state index is 0.229. The van der Waals surface area contributed by atoms with Crippen LogP contribution >= 0.6 is 11.6 Å². The topological polar surface area (TPSA) is 43.4 Å². The highest BCUT2D eigenvalue weighted by Gasteiger charge is 2.19. The number of halogens is 1. The molecule has 0 unspecified atom stereocenters. The molecule has 0 radical (unpaired) electrons. The van der Waals surface area contributed by atoms with E-state index in [1.807, 2.05) is 0 Å². The predicted molar refractivity (Wildman–Crippen MR) is 56.6 cm³/mol. The minimum atomic E-state index is -0.860. The molecule has 1 aromatic rings. The summed E-state index contributed by atoms with van der Waals surface area (Å²) in [6.45, 7) is 2.63. The molecule has 0 spiro atoms. The summed E-state index contributed by atoms with van der Waals surface area (Å²) in [4.78, 5) is 22.1. The summed E-state index contributed by atoms with van der Waals surface area (Å²) < 4.78 is 4.91. The average Bonchev–Trinajstić information content (AvgIpc) is 2.13. The van der Waals surface area contributed by atoms with Gasteiger partial charge in [-0.15, -0.1) is 0 Å². The van der Waals surface area contributed by atoms with Gasteiger partial charge < -0.3 is 4.74 Å². The Labute approximate surface area is 93.0 Å². The molecule has 3 nitrogen and oxygen atoms in total. The van der Waals surface area contributed by atoms with Crippen molar-refractivity contribution in [2.75, 3.05) is 0 Å². The first-order chi connectivity index (χ1) is 7.00. The van der Waals surface area contributed by atoms with Crippen molar-refractivity contribution in [1.82, 2.24) is 0 Å². The maximum atomic E-state index is 11.3. The molecule has 0 saturated carbocycles. The zero-order chi connectivity index (χ0) is 11.4. The third-order valence-electron chi connectivity index (χ3n) is 1.80. The van der Waals surface area contributed by atoms with Crippen molar-refractivity contribution in [1.29, 1.82) is 0 Å². The maximum Gasteiger partial charge on any atom is 0.303 e. The van der Waals surface area contributed by atoms with Crippen molar-refractivity contribution in [3.05, 3.63) is 34.9 Å². The lowest BCUT2D eigenvalue weighted by molar-refractivity contribution is -0.152. The van der Waals surface area contributed by atoms with Gasteiger partial charge in [0.15, 0.2) is 11.9 Å². The molecule has 0 aliphatic rings. The van der Waals surface area contributed by atoms with Crippen LogP contribution in [-0.4, -0.2) is 11.8 Å². The molecule has 1 rings (SSSR count). The van der Waals surface area contributed by atoms with Crippen LogP contribution in [0.25, 0.3) is 0 Å². The van der Waals surface area contributed by atoms with E-state index in [9.17, 15) is 9.59 Å². The molecule has 0 bridgehead atoms. The molecule has 1 atom stereocenters. The van der Waals surface area contributed by atoms with Crippen LogP contribution in [0, 0.1) is 0 Å². The van der Waals surface area contributed by atoms with Gasteiger partial charge in [0.1, 0.15) is 0 Å². The van der Waals surface area contributed by atoms with Gasteiger partial charge in [-0.05, 0) is 19.1 Å². The molecule has 0 N–H and O–H groups in total. The number of Topliss-reactive ketones (excluding diaryl/α,β-unsaturated/α-hetero) is 1. The number of benzene rings is 1. The first kappa shape index (κ1) is 11.7. The van der Waals surface area contributed by atoms with Gasteiger partial charge in [-0.2, -0.15) is 0 Å². The highest BCUT2D eigenvalue weighted by molar-refractivity contribution is 6.30.